The van der Waals surface area contributed by atoms with E-state index in [0.717, 1.165) is 18.4 Å². The van der Waals surface area contributed by atoms with Crippen molar-refractivity contribution in [1.82, 2.24) is 4.90 Å². The van der Waals surface area contributed by atoms with Gasteiger partial charge in [0.25, 0.3) is 5.91 Å². The number of hydrogen-bond donors (Lipinski definition) is 1. The lowest BCUT2D eigenvalue weighted by atomic mass is 10.1. The molecule has 1 fully saturated rings. The van der Waals surface area contributed by atoms with E-state index in [2.05, 4.69) is 0 Å². The van der Waals surface area contributed by atoms with Crippen LogP contribution in [0.4, 0.5) is 0 Å². The topological polar surface area (TPSA) is 49.8 Å². The van der Waals surface area contributed by atoms with E-state index in [0.29, 0.717) is 23.7 Å². The fraction of sp³-hybridized carbons (Fsp3) is 0.389. The van der Waals surface area contributed by atoms with Crippen molar-refractivity contribution in [1.29, 1.82) is 0 Å². The van der Waals surface area contributed by atoms with Gasteiger partial charge in [-0.2, -0.15) is 0 Å². The van der Waals surface area contributed by atoms with Crippen LogP contribution in [-0.4, -0.2) is 36.2 Å². The second kappa shape index (κ2) is 6.72. The number of amides is 1. The molecule has 1 aliphatic carbocycles. The summed E-state index contributed by atoms with van der Waals surface area (Å²) in [5.74, 6) is 0.590. The Morgan fingerprint density at radius 3 is 2.65 bits per heavy atom. The fourth-order valence-electron chi connectivity index (χ4n) is 2.71. The number of carbonyl (C=O) groups excluding carboxylic acids is 1. The van der Waals surface area contributed by atoms with Gasteiger partial charge in [0.05, 0.1) is 13.7 Å². The van der Waals surface area contributed by atoms with Crippen LogP contribution in [0.2, 0.25) is 0 Å². The SMILES string of the molecule is COc1ccsc1C(=O)N(Cc1ccccc1)CC1(CO)CC1. The first-order valence-corrected chi connectivity index (χ1v) is 8.61. The van der Waals surface area contributed by atoms with Crippen molar-refractivity contribution < 1.29 is 14.6 Å². The molecule has 2 aromatic rings. The second-order valence-electron chi connectivity index (χ2n) is 6.12. The second-order valence-corrected chi connectivity index (χ2v) is 7.04. The Hall–Kier alpha value is -1.85. The van der Waals surface area contributed by atoms with Crippen LogP contribution in [0, 0.1) is 5.41 Å². The summed E-state index contributed by atoms with van der Waals surface area (Å²) in [6, 6.07) is 11.8. The van der Waals surface area contributed by atoms with Crippen LogP contribution in [0.1, 0.15) is 28.1 Å². The zero-order valence-corrected chi connectivity index (χ0v) is 14.0. The largest absolute Gasteiger partial charge is 0.495 e. The molecule has 1 aromatic carbocycles. The first-order valence-electron chi connectivity index (χ1n) is 7.73. The molecule has 0 spiro atoms. The molecular weight excluding hydrogens is 310 g/mol. The molecular formula is C18H21NO3S. The monoisotopic (exact) mass is 331 g/mol. The highest BCUT2D eigenvalue weighted by molar-refractivity contribution is 7.12. The molecule has 1 aliphatic rings. The molecule has 4 nitrogen and oxygen atoms in total. The van der Waals surface area contributed by atoms with Crippen LogP contribution in [-0.2, 0) is 6.54 Å². The minimum absolute atomic E-state index is 0.0274. The number of aliphatic hydroxyl groups excluding tert-OH is 1. The van der Waals surface area contributed by atoms with Gasteiger partial charge in [0, 0.05) is 18.5 Å². The lowest BCUT2D eigenvalue weighted by Gasteiger charge is -2.27. The molecule has 1 aromatic heterocycles. The van der Waals surface area contributed by atoms with Crippen LogP contribution in [0.15, 0.2) is 41.8 Å². The van der Waals surface area contributed by atoms with Crippen molar-refractivity contribution >= 4 is 17.2 Å². The smallest absolute Gasteiger partial charge is 0.268 e. The van der Waals surface area contributed by atoms with E-state index < -0.39 is 0 Å². The lowest BCUT2D eigenvalue weighted by molar-refractivity contribution is 0.0667. The summed E-state index contributed by atoms with van der Waals surface area (Å²) in [7, 11) is 1.58. The minimum atomic E-state index is -0.116. The first-order chi connectivity index (χ1) is 11.2. The molecule has 122 valence electrons. The molecule has 23 heavy (non-hydrogen) atoms. The van der Waals surface area contributed by atoms with Gasteiger partial charge in [-0.15, -0.1) is 11.3 Å². The van der Waals surface area contributed by atoms with Crippen LogP contribution >= 0.6 is 11.3 Å². The molecule has 5 heteroatoms. The zero-order chi connectivity index (χ0) is 16.3. The Morgan fingerprint density at radius 1 is 1.30 bits per heavy atom. The molecule has 0 bridgehead atoms. The molecule has 1 amide bonds. The molecule has 1 saturated carbocycles. The molecule has 1 heterocycles. The quantitative estimate of drug-likeness (QED) is 0.848. The summed E-state index contributed by atoms with van der Waals surface area (Å²) in [4.78, 5) is 15.4. The normalized spacial score (nSPS) is 15.2. The van der Waals surface area contributed by atoms with E-state index in [1.807, 2.05) is 46.7 Å². The number of benzene rings is 1. The van der Waals surface area contributed by atoms with Crippen molar-refractivity contribution in [2.45, 2.75) is 19.4 Å². The summed E-state index contributed by atoms with van der Waals surface area (Å²) < 4.78 is 5.29. The third-order valence-electron chi connectivity index (χ3n) is 4.37. The number of hydrogen-bond acceptors (Lipinski definition) is 4. The molecule has 0 unspecified atom stereocenters. The van der Waals surface area contributed by atoms with Crippen molar-refractivity contribution in [2.75, 3.05) is 20.3 Å². The van der Waals surface area contributed by atoms with Crippen LogP contribution < -0.4 is 4.74 Å². The van der Waals surface area contributed by atoms with Crippen molar-refractivity contribution in [2.24, 2.45) is 5.41 Å². The highest BCUT2D eigenvalue weighted by Gasteiger charge is 2.44. The molecule has 0 atom stereocenters. The van der Waals surface area contributed by atoms with E-state index >= 15 is 0 Å². The summed E-state index contributed by atoms with van der Waals surface area (Å²) in [5, 5.41) is 11.5. The Balaban J connectivity index is 1.83. The van der Waals surface area contributed by atoms with Gasteiger partial charge in [0.15, 0.2) is 0 Å². The summed E-state index contributed by atoms with van der Waals surface area (Å²) in [6.07, 6.45) is 1.95. The number of rotatable bonds is 7. The average molecular weight is 331 g/mol. The first kappa shape index (κ1) is 16.0. The maximum Gasteiger partial charge on any atom is 0.268 e. The third-order valence-corrected chi connectivity index (χ3v) is 5.25. The van der Waals surface area contributed by atoms with Gasteiger partial charge in [0.2, 0.25) is 0 Å². The maximum atomic E-state index is 13.0. The lowest BCUT2D eigenvalue weighted by Crippen LogP contribution is -2.36. The summed E-state index contributed by atoms with van der Waals surface area (Å²) >= 11 is 1.40. The van der Waals surface area contributed by atoms with E-state index in [4.69, 9.17) is 4.74 Å². The van der Waals surface area contributed by atoms with E-state index in [-0.39, 0.29) is 17.9 Å². The van der Waals surface area contributed by atoms with Gasteiger partial charge in [-0.05, 0) is 29.9 Å². The highest BCUT2D eigenvalue weighted by Crippen LogP contribution is 2.46. The van der Waals surface area contributed by atoms with Crippen LogP contribution in [0.3, 0.4) is 0 Å². The molecule has 3 rings (SSSR count). The number of carbonyl (C=O) groups is 1. The van der Waals surface area contributed by atoms with Gasteiger partial charge < -0.3 is 14.7 Å². The van der Waals surface area contributed by atoms with Gasteiger partial charge in [0.1, 0.15) is 10.6 Å². The molecule has 0 saturated heterocycles. The Morgan fingerprint density at radius 2 is 2.04 bits per heavy atom. The number of ether oxygens (including phenoxy) is 1. The number of thiophene rings is 1. The van der Waals surface area contributed by atoms with Crippen molar-refractivity contribution in [3.05, 3.63) is 52.2 Å². The van der Waals surface area contributed by atoms with Gasteiger partial charge in [-0.1, -0.05) is 30.3 Å². The predicted octanol–water partition coefficient (Wildman–Crippen LogP) is 3.17. The minimum Gasteiger partial charge on any atom is -0.495 e. The Labute approximate surface area is 140 Å². The zero-order valence-electron chi connectivity index (χ0n) is 13.2. The van der Waals surface area contributed by atoms with Crippen LogP contribution in [0.5, 0.6) is 5.75 Å². The third kappa shape index (κ3) is 3.57. The number of nitrogens with zero attached hydrogens (tertiary/aromatic N) is 1. The van der Waals surface area contributed by atoms with E-state index in [1.54, 1.807) is 7.11 Å². The number of methoxy groups -OCH3 is 1. The average Bonchev–Trinajstić information content (AvgIpc) is 3.20. The Bertz CT molecular complexity index is 664. The Kier molecular flexibility index (Phi) is 4.68. The van der Waals surface area contributed by atoms with E-state index in [1.165, 1.54) is 11.3 Å². The summed E-state index contributed by atoms with van der Waals surface area (Å²) in [5.41, 5.74) is 0.972. The highest BCUT2D eigenvalue weighted by atomic mass is 32.1. The van der Waals surface area contributed by atoms with Gasteiger partial charge in [-0.25, -0.2) is 0 Å². The number of aliphatic hydroxyl groups is 1. The van der Waals surface area contributed by atoms with Crippen LogP contribution in [0.25, 0.3) is 0 Å². The van der Waals surface area contributed by atoms with Gasteiger partial charge in [-0.3, -0.25) is 4.79 Å². The molecule has 0 aliphatic heterocycles. The maximum absolute atomic E-state index is 13.0. The van der Waals surface area contributed by atoms with Gasteiger partial charge >= 0.3 is 0 Å². The van der Waals surface area contributed by atoms with E-state index in [9.17, 15) is 9.90 Å². The molecule has 1 N–H and O–H groups in total. The fourth-order valence-corrected chi connectivity index (χ4v) is 3.53. The molecule has 0 radical (unpaired) electrons. The summed E-state index contributed by atoms with van der Waals surface area (Å²) in [6.45, 7) is 1.26. The standard InChI is InChI=1S/C18H21NO3S/c1-22-15-7-10-23-16(15)17(21)19(12-18(13-20)8-9-18)11-14-5-3-2-4-6-14/h2-7,10,20H,8-9,11-13H2,1H3. The van der Waals surface area contributed by atoms with Crippen molar-refractivity contribution in [3.63, 3.8) is 0 Å². The van der Waals surface area contributed by atoms with Crippen molar-refractivity contribution in [3.8, 4) is 5.75 Å². The predicted molar refractivity (Wildman–Crippen MR) is 90.8 cm³/mol.